The van der Waals surface area contributed by atoms with E-state index >= 15 is 0 Å². The van der Waals surface area contributed by atoms with Crippen molar-refractivity contribution in [3.8, 4) is 11.5 Å². The molecule has 0 heterocycles. The first-order valence-corrected chi connectivity index (χ1v) is 27.1. The van der Waals surface area contributed by atoms with Crippen molar-refractivity contribution >= 4 is 0 Å². The number of hydrogen-bond donors (Lipinski definition) is 0. The zero-order valence-corrected chi connectivity index (χ0v) is 41.2. The lowest BCUT2D eigenvalue weighted by atomic mass is 9.74. The van der Waals surface area contributed by atoms with Gasteiger partial charge >= 0.3 is 25.1 Å². The van der Waals surface area contributed by atoms with Gasteiger partial charge in [0.15, 0.2) is 0 Å². The smallest absolute Gasteiger partial charge is 0.428 e. The Morgan fingerprint density at radius 1 is 0.373 bits per heavy atom. The van der Waals surface area contributed by atoms with Crippen LogP contribution < -0.4 is 9.47 Å². The Labute approximate surface area is 399 Å². The van der Waals surface area contributed by atoms with Crippen molar-refractivity contribution < 1.29 is 44.6 Å². The molecule has 0 atom stereocenters. The molecule has 0 amide bonds. The summed E-state index contributed by atoms with van der Waals surface area (Å²) >= 11 is 0. The molecule has 2 aromatic rings. The lowest BCUT2D eigenvalue weighted by Gasteiger charge is -2.32. The Morgan fingerprint density at radius 3 is 0.910 bits per heavy atom. The van der Waals surface area contributed by atoms with Crippen LogP contribution in [0.1, 0.15) is 236 Å². The second-order valence-corrected chi connectivity index (χ2v) is 21.5. The highest BCUT2D eigenvalue weighted by Crippen LogP contribution is 2.43. The number of unbranched alkanes of at least 4 members (excludes halogenated alkanes) is 7. The fourth-order valence-electron chi connectivity index (χ4n) is 12.0. The molecule has 2 nitrogen and oxygen atoms in total. The molecule has 0 aromatic heterocycles. The summed E-state index contributed by atoms with van der Waals surface area (Å²) < 4.78 is 110. The van der Waals surface area contributed by atoms with Gasteiger partial charge in [-0.3, -0.25) is 0 Å². The highest BCUT2D eigenvalue weighted by Gasteiger charge is 2.45. The molecule has 0 aliphatic heterocycles. The SMILES string of the molecule is CCCCCCCC1CCC(CCC2CCC(c3ccc(OC(F)(F)C(F)F)cc3)CC2)CC1.CCCCCC[C@H]1CC[C@H](CC[C@H]2CC[C@H](c3ccc(OC(F)(F)C(F)F)cc3)CC2)CC1. The van der Waals surface area contributed by atoms with Gasteiger partial charge in [0.2, 0.25) is 0 Å². The van der Waals surface area contributed by atoms with E-state index in [0.717, 1.165) is 72.3 Å². The molecule has 382 valence electrons. The van der Waals surface area contributed by atoms with Gasteiger partial charge in [-0.05, 0) is 134 Å². The van der Waals surface area contributed by atoms with Crippen LogP contribution in [0.2, 0.25) is 0 Å². The molecular formula is C57H86F8O2. The molecule has 67 heavy (non-hydrogen) atoms. The van der Waals surface area contributed by atoms with E-state index in [2.05, 4.69) is 23.3 Å². The minimum Gasteiger partial charge on any atom is -0.428 e. The van der Waals surface area contributed by atoms with E-state index < -0.39 is 25.1 Å². The van der Waals surface area contributed by atoms with E-state index in [1.165, 1.54) is 198 Å². The van der Waals surface area contributed by atoms with Crippen LogP contribution in [-0.4, -0.2) is 25.1 Å². The van der Waals surface area contributed by atoms with E-state index in [0.29, 0.717) is 11.8 Å². The summed E-state index contributed by atoms with van der Waals surface area (Å²) in [5, 5.41) is 0. The molecule has 4 fully saturated rings. The number of ether oxygens (including phenoxy) is 2. The molecular weight excluding hydrogens is 869 g/mol. The molecule has 0 bridgehead atoms. The van der Waals surface area contributed by atoms with Gasteiger partial charge < -0.3 is 9.47 Å². The maximum atomic E-state index is 13.1. The largest absolute Gasteiger partial charge is 0.461 e. The summed E-state index contributed by atoms with van der Waals surface area (Å²) in [4.78, 5) is 0. The first-order chi connectivity index (χ1) is 32.2. The second kappa shape index (κ2) is 29.0. The first kappa shape index (κ1) is 55.4. The highest BCUT2D eigenvalue weighted by atomic mass is 19.3. The van der Waals surface area contributed by atoms with Crippen molar-refractivity contribution in [2.75, 3.05) is 0 Å². The Balaban J connectivity index is 0.000000251. The van der Waals surface area contributed by atoms with E-state index in [1.807, 2.05) is 0 Å². The molecule has 4 aliphatic rings. The van der Waals surface area contributed by atoms with E-state index in [1.54, 1.807) is 24.3 Å². The number of benzene rings is 2. The van der Waals surface area contributed by atoms with Crippen molar-refractivity contribution in [2.45, 2.75) is 250 Å². The molecule has 2 aromatic carbocycles. The monoisotopic (exact) mass is 955 g/mol. The van der Waals surface area contributed by atoms with Crippen molar-refractivity contribution in [1.82, 2.24) is 0 Å². The fourth-order valence-corrected chi connectivity index (χ4v) is 12.0. The van der Waals surface area contributed by atoms with Gasteiger partial charge in [-0.1, -0.05) is 186 Å². The normalized spacial score (nSPS) is 26.3. The summed E-state index contributed by atoms with van der Waals surface area (Å²) in [6.45, 7) is 4.55. The highest BCUT2D eigenvalue weighted by molar-refractivity contribution is 5.31. The van der Waals surface area contributed by atoms with E-state index in [9.17, 15) is 35.1 Å². The number of halogens is 8. The van der Waals surface area contributed by atoms with Crippen LogP contribution in [0.4, 0.5) is 35.1 Å². The van der Waals surface area contributed by atoms with E-state index in [-0.39, 0.29) is 11.5 Å². The van der Waals surface area contributed by atoms with Crippen LogP contribution in [0.25, 0.3) is 0 Å². The molecule has 0 N–H and O–H groups in total. The zero-order chi connectivity index (χ0) is 48.1. The predicted molar refractivity (Wildman–Crippen MR) is 257 cm³/mol. The fraction of sp³-hybridized carbons (Fsp3) is 0.789. The average Bonchev–Trinajstić information content (AvgIpc) is 3.33. The van der Waals surface area contributed by atoms with Crippen molar-refractivity contribution in [2.24, 2.45) is 35.5 Å². The summed E-state index contributed by atoms with van der Waals surface area (Å²) in [7, 11) is 0. The van der Waals surface area contributed by atoms with Gasteiger partial charge in [-0.15, -0.1) is 0 Å². The van der Waals surface area contributed by atoms with Crippen LogP contribution in [0.3, 0.4) is 0 Å². The Kier molecular flexibility index (Phi) is 24.0. The first-order valence-electron chi connectivity index (χ1n) is 27.1. The Morgan fingerprint density at radius 2 is 0.627 bits per heavy atom. The minimum atomic E-state index is -4.45. The zero-order valence-electron chi connectivity index (χ0n) is 41.2. The Hall–Kier alpha value is -2.52. The van der Waals surface area contributed by atoms with Gasteiger partial charge in [0, 0.05) is 0 Å². The van der Waals surface area contributed by atoms with Gasteiger partial charge in [0.25, 0.3) is 0 Å². The molecule has 0 radical (unpaired) electrons. The second-order valence-electron chi connectivity index (χ2n) is 21.5. The van der Waals surface area contributed by atoms with Crippen LogP contribution in [0.5, 0.6) is 11.5 Å². The van der Waals surface area contributed by atoms with Gasteiger partial charge in [-0.2, -0.15) is 35.1 Å². The quantitative estimate of drug-likeness (QED) is 0.0729. The third-order valence-corrected chi connectivity index (χ3v) is 16.5. The number of rotatable bonds is 25. The van der Waals surface area contributed by atoms with Crippen molar-refractivity contribution in [3.63, 3.8) is 0 Å². The standard InChI is InChI=1S/C29H44F4O.C28H42F4O/c1-2-3-4-5-6-7-22-8-10-23(11-9-22)12-13-24-14-16-25(17-15-24)26-18-20-27(21-19-26)34-29(32,33)28(30)31;1-2-3-4-5-6-21-7-9-22(10-8-21)11-12-23-13-15-24(16-14-23)25-17-19-26(20-18-25)33-28(31,32)27(29)30/h18-25,28H,2-17H2,1H3;17-24,27H,2-16H2,1H3/t;21-,22-,23-,24-. The minimum absolute atomic E-state index is 0.214. The summed E-state index contributed by atoms with van der Waals surface area (Å²) in [5.41, 5.74) is 2.19. The maximum Gasteiger partial charge on any atom is 0.461 e. The molecule has 0 saturated heterocycles. The van der Waals surface area contributed by atoms with E-state index in [4.69, 9.17) is 0 Å². The molecule has 4 saturated carbocycles. The Bertz CT molecular complexity index is 1570. The third-order valence-electron chi connectivity index (χ3n) is 16.5. The third kappa shape index (κ3) is 19.7. The average molecular weight is 955 g/mol. The van der Waals surface area contributed by atoms with Crippen molar-refractivity contribution in [1.29, 1.82) is 0 Å². The lowest BCUT2D eigenvalue weighted by Crippen LogP contribution is -2.33. The lowest BCUT2D eigenvalue weighted by molar-refractivity contribution is -0.253. The van der Waals surface area contributed by atoms with Crippen LogP contribution >= 0.6 is 0 Å². The molecule has 0 unspecified atom stereocenters. The molecule has 6 rings (SSSR count). The predicted octanol–water partition coefficient (Wildman–Crippen LogP) is 19.9. The van der Waals surface area contributed by atoms with Crippen LogP contribution in [0.15, 0.2) is 48.5 Å². The van der Waals surface area contributed by atoms with Crippen LogP contribution in [0, 0.1) is 35.5 Å². The molecule has 0 spiro atoms. The summed E-state index contributed by atoms with van der Waals surface area (Å²) in [5.74, 6) is 5.84. The topological polar surface area (TPSA) is 18.5 Å². The maximum absolute atomic E-state index is 13.1. The van der Waals surface area contributed by atoms with Gasteiger partial charge in [0.1, 0.15) is 11.5 Å². The van der Waals surface area contributed by atoms with Gasteiger partial charge in [-0.25, -0.2) is 0 Å². The molecule has 10 heteroatoms. The van der Waals surface area contributed by atoms with Crippen LogP contribution in [-0.2, 0) is 0 Å². The number of alkyl halides is 8. The summed E-state index contributed by atoms with van der Waals surface area (Å²) in [6, 6.07) is 12.6. The van der Waals surface area contributed by atoms with Gasteiger partial charge in [0.05, 0.1) is 0 Å². The summed E-state index contributed by atoms with van der Waals surface area (Å²) in [6.07, 6.45) is 25.1. The number of hydrogen-bond acceptors (Lipinski definition) is 2. The van der Waals surface area contributed by atoms with Crippen molar-refractivity contribution in [3.05, 3.63) is 59.7 Å². The molecule has 4 aliphatic carbocycles.